The monoisotopic (exact) mass is 263 g/mol. The molecule has 0 saturated carbocycles. The molecule has 0 bridgehead atoms. The van der Waals surface area contributed by atoms with Crippen molar-refractivity contribution in [2.45, 2.75) is 19.9 Å². The predicted molar refractivity (Wildman–Crippen MR) is 70.4 cm³/mol. The summed E-state index contributed by atoms with van der Waals surface area (Å²) < 4.78 is 13.6. The van der Waals surface area contributed by atoms with E-state index in [9.17, 15) is 9.18 Å². The summed E-state index contributed by atoms with van der Waals surface area (Å²) in [7, 11) is 1.62. The van der Waals surface area contributed by atoms with Crippen molar-refractivity contribution in [2.75, 3.05) is 13.6 Å². The van der Waals surface area contributed by atoms with E-state index in [4.69, 9.17) is 11.0 Å². The van der Waals surface area contributed by atoms with Gasteiger partial charge in [-0.2, -0.15) is 5.26 Å². The highest BCUT2D eigenvalue weighted by molar-refractivity contribution is 5.76. The largest absolute Gasteiger partial charge is 0.341 e. The molecule has 0 aliphatic carbocycles. The average Bonchev–Trinajstić information content (AvgIpc) is 2.40. The van der Waals surface area contributed by atoms with E-state index in [0.29, 0.717) is 24.1 Å². The molecule has 0 radical (unpaired) electrons. The molecule has 1 amide bonds. The number of halogens is 1. The van der Waals surface area contributed by atoms with Crippen molar-refractivity contribution >= 4 is 5.91 Å². The van der Waals surface area contributed by atoms with Crippen molar-refractivity contribution in [3.8, 4) is 6.07 Å². The quantitative estimate of drug-likeness (QED) is 0.878. The van der Waals surface area contributed by atoms with Crippen molar-refractivity contribution in [2.24, 2.45) is 11.7 Å². The van der Waals surface area contributed by atoms with Gasteiger partial charge >= 0.3 is 0 Å². The summed E-state index contributed by atoms with van der Waals surface area (Å²) in [6.07, 6.45) is 0.340. The SMILES string of the molecule is CC(CN)CC(=O)N(C)Cc1cc(C#N)ccc1F. The smallest absolute Gasteiger partial charge is 0.222 e. The van der Waals surface area contributed by atoms with Crippen LogP contribution in [0.25, 0.3) is 0 Å². The van der Waals surface area contributed by atoms with Crippen LogP contribution in [0.1, 0.15) is 24.5 Å². The van der Waals surface area contributed by atoms with Crippen LogP contribution in [0.2, 0.25) is 0 Å². The zero-order valence-electron chi connectivity index (χ0n) is 11.2. The summed E-state index contributed by atoms with van der Waals surface area (Å²) in [5.41, 5.74) is 6.19. The third-order valence-corrected chi connectivity index (χ3v) is 2.93. The molecule has 5 heteroatoms. The molecular formula is C14H18FN3O. The van der Waals surface area contributed by atoms with Gasteiger partial charge < -0.3 is 10.6 Å². The lowest BCUT2D eigenvalue weighted by atomic mass is 10.1. The molecule has 0 aliphatic heterocycles. The molecule has 19 heavy (non-hydrogen) atoms. The Bertz CT molecular complexity index is 496. The highest BCUT2D eigenvalue weighted by Crippen LogP contribution is 2.13. The van der Waals surface area contributed by atoms with E-state index in [1.807, 2.05) is 13.0 Å². The molecule has 0 heterocycles. The number of nitrogens with two attached hydrogens (primary N) is 1. The van der Waals surface area contributed by atoms with Crippen LogP contribution in [-0.2, 0) is 11.3 Å². The van der Waals surface area contributed by atoms with Gasteiger partial charge in [0, 0.05) is 25.6 Å². The second-order valence-corrected chi connectivity index (χ2v) is 4.71. The zero-order chi connectivity index (χ0) is 14.4. The number of benzene rings is 1. The van der Waals surface area contributed by atoms with Gasteiger partial charge in [0.05, 0.1) is 11.6 Å². The maximum Gasteiger partial charge on any atom is 0.222 e. The molecule has 1 unspecified atom stereocenters. The van der Waals surface area contributed by atoms with Crippen molar-refractivity contribution in [1.82, 2.24) is 4.90 Å². The Labute approximate surface area is 112 Å². The number of nitrogens with zero attached hydrogens (tertiary/aromatic N) is 2. The van der Waals surface area contributed by atoms with Gasteiger partial charge in [0.25, 0.3) is 0 Å². The first-order valence-corrected chi connectivity index (χ1v) is 6.10. The summed E-state index contributed by atoms with van der Waals surface area (Å²) in [4.78, 5) is 13.3. The number of carbonyl (C=O) groups is 1. The highest BCUT2D eigenvalue weighted by Gasteiger charge is 2.14. The summed E-state index contributed by atoms with van der Waals surface area (Å²) >= 11 is 0. The molecule has 0 aliphatic rings. The molecule has 0 fully saturated rings. The van der Waals surface area contributed by atoms with Crippen LogP contribution < -0.4 is 5.73 Å². The predicted octanol–water partition coefficient (Wildman–Crippen LogP) is 1.64. The zero-order valence-corrected chi connectivity index (χ0v) is 11.2. The first kappa shape index (κ1) is 15.1. The number of rotatable bonds is 5. The van der Waals surface area contributed by atoms with Crippen LogP contribution in [0.4, 0.5) is 4.39 Å². The minimum atomic E-state index is -0.412. The molecule has 4 nitrogen and oxygen atoms in total. The van der Waals surface area contributed by atoms with E-state index >= 15 is 0 Å². The fraction of sp³-hybridized carbons (Fsp3) is 0.429. The van der Waals surface area contributed by atoms with Crippen molar-refractivity contribution in [3.63, 3.8) is 0 Å². The third-order valence-electron chi connectivity index (χ3n) is 2.93. The minimum absolute atomic E-state index is 0.0836. The fourth-order valence-electron chi connectivity index (χ4n) is 1.65. The van der Waals surface area contributed by atoms with Crippen molar-refractivity contribution in [1.29, 1.82) is 5.26 Å². The van der Waals surface area contributed by atoms with Gasteiger partial charge in [-0.25, -0.2) is 4.39 Å². The van der Waals surface area contributed by atoms with Crippen molar-refractivity contribution in [3.05, 3.63) is 35.1 Å². The lowest BCUT2D eigenvalue weighted by molar-refractivity contribution is -0.131. The van der Waals surface area contributed by atoms with Crippen molar-refractivity contribution < 1.29 is 9.18 Å². The van der Waals surface area contributed by atoms with E-state index in [0.717, 1.165) is 0 Å². The van der Waals surface area contributed by atoms with Crippen LogP contribution in [0.3, 0.4) is 0 Å². The Morgan fingerprint density at radius 2 is 2.26 bits per heavy atom. The lowest BCUT2D eigenvalue weighted by Crippen LogP contribution is -2.29. The summed E-state index contributed by atoms with van der Waals surface area (Å²) in [6, 6.07) is 6.07. The van der Waals surface area contributed by atoms with Crippen LogP contribution in [0, 0.1) is 23.1 Å². The topological polar surface area (TPSA) is 70.1 Å². The molecule has 1 aromatic rings. The van der Waals surface area contributed by atoms with Gasteiger partial charge in [0.2, 0.25) is 5.91 Å². The summed E-state index contributed by atoms with van der Waals surface area (Å²) in [6.45, 7) is 2.48. The Morgan fingerprint density at radius 3 is 2.84 bits per heavy atom. The first-order valence-electron chi connectivity index (χ1n) is 6.10. The summed E-state index contributed by atoms with van der Waals surface area (Å²) in [5.74, 6) is -0.393. The second kappa shape index (κ2) is 6.86. The molecule has 0 aromatic heterocycles. The van der Waals surface area contributed by atoms with Crippen LogP contribution in [0.5, 0.6) is 0 Å². The van der Waals surface area contributed by atoms with Crippen LogP contribution in [0.15, 0.2) is 18.2 Å². The molecular weight excluding hydrogens is 245 g/mol. The van der Waals surface area contributed by atoms with Gasteiger partial charge in [-0.05, 0) is 30.7 Å². The van der Waals surface area contributed by atoms with E-state index in [1.165, 1.54) is 23.1 Å². The Hall–Kier alpha value is -1.93. The first-order chi connectivity index (χ1) is 8.97. The van der Waals surface area contributed by atoms with Gasteiger partial charge in [-0.3, -0.25) is 4.79 Å². The fourth-order valence-corrected chi connectivity index (χ4v) is 1.65. The second-order valence-electron chi connectivity index (χ2n) is 4.71. The molecule has 1 rings (SSSR count). The number of carbonyl (C=O) groups excluding carboxylic acids is 1. The Balaban J connectivity index is 2.74. The Kier molecular flexibility index (Phi) is 5.46. The Morgan fingerprint density at radius 1 is 1.58 bits per heavy atom. The molecule has 1 atom stereocenters. The molecule has 0 saturated heterocycles. The third kappa shape index (κ3) is 4.34. The molecule has 2 N–H and O–H groups in total. The number of hydrogen-bond donors (Lipinski definition) is 1. The minimum Gasteiger partial charge on any atom is -0.341 e. The van der Waals surface area contributed by atoms with E-state index < -0.39 is 5.82 Å². The van der Waals surface area contributed by atoms with Crippen LogP contribution in [-0.4, -0.2) is 24.4 Å². The maximum absolute atomic E-state index is 13.6. The van der Waals surface area contributed by atoms with E-state index in [1.54, 1.807) is 7.05 Å². The molecule has 0 spiro atoms. The maximum atomic E-state index is 13.6. The van der Waals surface area contributed by atoms with Gasteiger partial charge in [0.1, 0.15) is 5.82 Å². The van der Waals surface area contributed by atoms with Gasteiger partial charge in [-0.15, -0.1) is 0 Å². The number of nitriles is 1. The van der Waals surface area contributed by atoms with Gasteiger partial charge in [0.15, 0.2) is 0 Å². The number of amides is 1. The average molecular weight is 263 g/mol. The normalized spacial score (nSPS) is 11.7. The summed E-state index contributed by atoms with van der Waals surface area (Å²) in [5, 5.41) is 8.78. The molecule has 1 aromatic carbocycles. The molecule has 102 valence electrons. The van der Waals surface area contributed by atoms with Gasteiger partial charge in [-0.1, -0.05) is 6.92 Å². The van der Waals surface area contributed by atoms with E-state index in [2.05, 4.69) is 0 Å². The lowest BCUT2D eigenvalue weighted by Gasteiger charge is -2.19. The highest BCUT2D eigenvalue weighted by atomic mass is 19.1. The van der Waals surface area contributed by atoms with Crippen LogP contribution >= 0.6 is 0 Å². The van der Waals surface area contributed by atoms with E-state index in [-0.39, 0.29) is 18.4 Å². The standard InChI is InChI=1S/C14H18FN3O/c1-10(7-16)5-14(19)18(2)9-12-6-11(8-17)3-4-13(12)15/h3-4,6,10H,5,7,9,16H2,1-2H3. The number of hydrogen-bond acceptors (Lipinski definition) is 3.